The number of rotatable bonds is 7. The molecule has 6 heteroatoms. The molecular formula is C24H27N5O. The molecule has 1 aliphatic rings. The Kier molecular flexibility index (Phi) is 5.29. The Hall–Kier alpha value is -3.20. The van der Waals surface area contributed by atoms with Gasteiger partial charge in [0.1, 0.15) is 5.69 Å². The Balaban J connectivity index is 1.75. The van der Waals surface area contributed by atoms with Crippen molar-refractivity contribution >= 4 is 5.78 Å². The van der Waals surface area contributed by atoms with Crippen LogP contribution in [0.1, 0.15) is 85.1 Å². The van der Waals surface area contributed by atoms with Gasteiger partial charge in [0, 0.05) is 36.8 Å². The molecule has 0 bridgehead atoms. The van der Waals surface area contributed by atoms with Crippen molar-refractivity contribution in [2.75, 3.05) is 0 Å². The van der Waals surface area contributed by atoms with E-state index in [-0.39, 0.29) is 17.7 Å². The highest BCUT2D eigenvalue weighted by Gasteiger charge is 2.36. The molecule has 0 amide bonds. The number of hydrogen-bond acceptors (Lipinski definition) is 4. The molecule has 1 atom stereocenters. The van der Waals surface area contributed by atoms with Crippen LogP contribution in [0.3, 0.4) is 0 Å². The van der Waals surface area contributed by atoms with Crippen molar-refractivity contribution in [3.8, 4) is 17.3 Å². The third-order valence-electron chi connectivity index (χ3n) is 5.76. The van der Waals surface area contributed by atoms with Gasteiger partial charge in [-0.25, -0.2) is 0 Å². The van der Waals surface area contributed by atoms with Crippen LogP contribution in [0.5, 0.6) is 0 Å². The lowest BCUT2D eigenvalue weighted by Gasteiger charge is -2.14. The Labute approximate surface area is 177 Å². The summed E-state index contributed by atoms with van der Waals surface area (Å²) in [5.41, 5.74) is 5.37. The zero-order chi connectivity index (χ0) is 21.4. The first kappa shape index (κ1) is 20.1. The predicted molar refractivity (Wildman–Crippen MR) is 115 cm³/mol. The van der Waals surface area contributed by atoms with E-state index in [2.05, 4.69) is 31.9 Å². The number of carbonyl (C=O) groups is 1. The molecule has 4 rings (SSSR count). The second kappa shape index (κ2) is 7.91. The van der Waals surface area contributed by atoms with Gasteiger partial charge in [-0.05, 0) is 56.2 Å². The first-order valence-electron chi connectivity index (χ1n) is 10.5. The third kappa shape index (κ3) is 3.80. The molecule has 3 aromatic rings. The van der Waals surface area contributed by atoms with E-state index >= 15 is 0 Å². The monoisotopic (exact) mass is 401 g/mol. The summed E-state index contributed by atoms with van der Waals surface area (Å²) in [6.07, 6.45) is 6.41. The number of aromatic nitrogens is 4. The average Bonchev–Trinajstić information content (AvgIpc) is 3.34. The summed E-state index contributed by atoms with van der Waals surface area (Å²) >= 11 is 0. The maximum absolute atomic E-state index is 13.5. The van der Waals surface area contributed by atoms with Gasteiger partial charge < -0.3 is 0 Å². The minimum Gasteiger partial charge on any atom is -0.292 e. The molecular weight excluding hydrogens is 374 g/mol. The van der Waals surface area contributed by atoms with Crippen LogP contribution in [0.2, 0.25) is 0 Å². The normalized spacial score (nSPS) is 14.7. The molecule has 0 spiro atoms. The smallest absolute Gasteiger partial charge is 0.181 e. The highest BCUT2D eigenvalue weighted by molar-refractivity contribution is 5.98. The summed E-state index contributed by atoms with van der Waals surface area (Å²) in [4.78, 5) is 13.5. The molecule has 0 saturated heterocycles. The van der Waals surface area contributed by atoms with Crippen LogP contribution in [0.4, 0.5) is 0 Å². The lowest BCUT2D eigenvalue weighted by atomic mass is 9.93. The number of carbonyl (C=O) groups excluding carboxylic acids is 1. The summed E-state index contributed by atoms with van der Waals surface area (Å²) in [7, 11) is 1.89. The molecule has 1 fully saturated rings. The highest BCUT2D eigenvalue weighted by atomic mass is 16.1. The zero-order valence-electron chi connectivity index (χ0n) is 18.0. The first-order valence-corrected chi connectivity index (χ1v) is 10.5. The molecule has 30 heavy (non-hydrogen) atoms. The largest absolute Gasteiger partial charge is 0.292 e. The van der Waals surface area contributed by atoms with Crippen LogP contribution < -0.4 is 0 Å². The van der Waals surface area contributed by atoms with E-state index < -0.39 is 0 Å². The Bertz CT molecular complexity index is 1110. The van der Waals surface area contributed by atoms with Gasteiger partial charge >= 0.3 is 0 Å². The number of aryl methyl sites for hydroxylation is 1. The second-order valence-corrected chi connectivity index (χ2v) is 8.59. The van der Waals surface area contributed by atoms with Crippen LogP contribution in [0.25, 0.3) is 11.3 Å². The first-order chi connectivity index (χ1) is 14.4. The maximum atomic E-state index is 13.5. The Morgan fingerprint density at radius 1 is 1.23 bits per heavy atom. The van der Waals surface area contributed by atoms with Gasteiger partial charge in [0.2, 0.25) is 0 Å². The van der Waals surface area contributed by atoms with E-state index in [0.29, 0.717) is 17.9 Å². The van der Waals surface area contributed by atoms with Crippen molar-refractivity contribution in [2.24, 2.45) is 7.05 Å². The number of benzene rings is 1. The lowest BCUT2D eigenvalue weighted by Crippen LogP contribution is -2.15. The van der Waals surface area contributed by atoms with Gasteiger partial charge in [0.25, 0.3) is 0 Å². The topological polar surface area (TPSA) is 76.5 Å². The van der Waals surface area contributed by atoms with Gasteiger partial charge in [-0.15, -0.1) is 0 Å². The van der Waals surface area contributed by atoms with Gasteiger partial charge in [-0.1, -0.05) is 19.1 Å². The SMILES string of the molecule is CC(CC(=O)c1c(C2CC2)c(-c2ccc(C#N)cc2)nn1C(C)C)c1cnn(C)c1. The molecule has 1 unspecified atom stereocenters. The average molecular weight is 402 g/mol. The van der Waals surface area contributed by atoms with Crippen molar-refractivity contribution in [2.45, 2.75) is 57.9 Å². The fourth-order valence-corrected chi connectivity index (χ4v) is 3.96. The molecule has 0 N–H and O–H groups in total. The fraction of sp³-hybridized carbons (Fsp3) is 0.417. The van der Waals surface area contributed by atoms with E-state index in [4.69, 9.17) is 10.4 Å². The van der Waals surface area contributed by atoms with Crippen LogP contribution in [-0.4, -0.2) is 25.3 Å². The molecule has 1 saturated carbocycles. The summed E-state index contributed by atoms with van der Waals surface area (Å²) < 4.78 is 3.67. The van der Waals surface area contributed by atoms with E-state index in [0.717, 1.165) is 40.9 Å². The standard InChI is InChI=1S/C24H27N5O/c1-15(2)29-24(21(30)11-16(3)20-13-26-28(4)14-20)22(18-9-10-18)23(27-29)19-7-5-17(12-25)6-8-19/h5-8,13-16,18H,9-11H2,1-4H3. The van der Waals surface area contributed by atoms with E-state index in [1.807, 2.05) is 48.4 Å². The quantitative estimate of drug-likeness (QED) is 0.523. The zero-order valence-corrected chi connectivity index (χ0v) is 18.0. The summed E-state index contributed by atoms with van der Waals surface area (Å²) in [5, 5.41) is 18.2. The fourth-order valence-electron chi connectivity index (χ4n) is 3.96. The van der Waals surface area contributed by atoms with Crippen molar-refractivity contribution in [1.29, 1.82) is 5.26 Å². The van der Waals surface area contributed by atoms with Crippen LogP contribution in [0.15, 0.2) is 36.7 Å². The van der Waals surface area contributed by atoms with Gasteiger partial charge in [0.05, 0.1) is 23.5 Å². The van der Waals surface area contributed by atoms with Gasteiger partial charge in [0.15, 0.2) is 5.78 Å². The number of nitrogens with zero attached hydrogens (tertiary/aromatic N) is 5. The number of nitriles is 1. The third-order valence-corrected chi connectivity index (χ3v) is 5.76. The predicted octanol–water partition coefficient (Wildman–Crippen LogP) is 4.99. The molecule has 2 heterocycles. The Morgan fingerprint density at radius 3 is 2.47 bits per heavy atom. The van der Waals surface area contributed by atoms with E-state index in [9.17, 15) is 4.79 Å². The van der Waals surface area contributed by atoms with Crippen LogP contribution >= 0.6 is 0 Å². The van der Waals surface area contributed by atoms with E-state index in [1.165, 1.54) is 0 Å². The summed E-state index contributed by atoms with van der Waals surface area (Å²) in [6, 6.07) is 9.74. The summed E-state index contributed by atoms with van der Waals surface area (Å²) in [5.74, 6) is 0.609. The van der Waals surface area contributed by atoms with Crippen molar-refractivity contribution in [1.82, 2.24) is 19.6 Å². The number of Topliss-reactive ketones (excluding diaryl/α,β-unsaturated/α-hetero) is 1. The van der Waals surface area contributed by atoms with Crippen molar-refractivity contribution in [3.05, 3.63) is 59.0 Å². The van der Waals surface area contributed by atoms with Gasteiger partial charge in [-0.2, -0.15) is 15.5 Å². The summed E-state index contributed by atoms with van der Waals surface area (Å²) in [6.45, 7) is 6.20. The van der Waals surface area contributed by atoms with Crippen molar-refractivity contribution < 1.29 is 4.79 Å². The Morgan fingerprint density at radius 2 is 1.93 bits per heavy atom. The number of ketones is 1. The van der Waals surface area contributed by atoms with E-state index in [1.54, 1.807) is 4.68 Å². The molecule has 1 aliphatic carbocycles. The molecule has 2 aromatic heterocycles. The number of hydrogen-bond donors (Lipinski definition) is 0. The lowest BCUT2D eigenvalue weighted by molar-refractivity contribution is 0.0962. The van der Waals surface area contributed by atoms with Crippen molar-refractivity contribution in [3.63, 3.8) is 0 Å². The minimum atomic E-state index is 0.0854. The van der Waals surface area contributed by atoms with Crippen LogP contribution in [0, 0.1) is 11.3 Å². The minimum absolute atomic E-state index is 0.0854. The molecule has 0 radical (unpaired) electrons. The molecule has 154 valence electrons. The maximum Gasteiger partial charge on any atom is 0.181 e. The highest BCUT2D eigenvalue weighted by Crippen LogP contribution is 2.47. The molecule has 1 aromatic carbocycles. The molecule has 0 aliphatic heterocycles. The van der Waals surface area contributed by atoms with Gasteiger partial charge in [-0.3, -0.25) is 14.2 Å². The van der Waals surface area contributed by atoms with Crippen LogP contribution in [-0.2, 0) is 7.05 Å². The second-order valence-electron chi connectivity index (χ2n) is 8.59. The molecule has 6 nitrogen and oxygen atoms in total.